The van der Waals surface area contributed by atoms with Crippen LogP contribution in [0.25, 0.3) is 0 Å². The normalized spacial score (nSPS) is 9.08. The quantitative estimate of drug-likeness (QED) is 0.525. The lowest BCUT2D eigenvalue weighted by molar-refractivity contribution is 0.404. The molecule has 0 unspecified atom stereocenters. The lowest BCUT2D eigenvalue weighted by atomic mass is 10.2. The monoisotopic (exact) mass is 181 g/mol. The molecule has 0 aliphatic carbocycles. The second-order valence-electron chi connectivity index (χ2n) is 2.33. The first-order valence-corrected chi connectivity index (χ1v) is 3.64. The first-order chi connectivity index (χ1) is 6.29. The number of rotatable bonds is 3. The number of halogens is 1. The van der Waals surface area contributed by atoms with E-state index >= 15 is 0 Å². The summed E-state index contributed by atoms with van der Waals surface area (Å²) in [4.78, 5) is 13.1. The van der Waals surface area contributed by atoms with Crippen molar-refractivity contribution in [2.45, 2.75) is 6.54 Å². The van der Waals surface area contributed by atoms with Crippen LogP contribution in [0.4, 0.5) is 4.39 Å². The lowest BCUT2D eigenvalue weighted by Gasteiger charge is -2.05. The minimum absolute atomic E-state index is 0.0423. The molecule has 0 amide bonds. The average molecular weight is 181 g/mol. The Hall–Kier alpha value is -1.67. The molecular weight excluding hydrogens is 173 g/mol. The van der Waals surface area contributed by atoms with Gasteiger partial charge in [-0.2, -0.15) is 0 Å². The highest BCUT2D eigenvalue weighted by Gasteiger charge is 2.07. The number of hydrogen-bond acceptors (Lipinski definition) is 3. The van der Waals surface area contributed by atoms with Gasteiger partial charge in [-0.15, -0.1) is 0 Å². The van der Waals surface area contributed by atoms with E-state index in [0.29, 0.717) is 5.75 Å². The summed E-state index contributed by atoms with van der Waals surface area (Å²) in [5, 5.41) is 0. The highest BCUT2D eigenvalue weighted by Crippen LogP contribution is 2.21. The summed E-state index contributed by atoms with van der Waals surface area (Å²) in [6.45, 7) is -0.0423. The van der Waals surface area contributed by atoms with Gasteiger partial charge in [0.25, 0.3) is 0 Å². The third kappa shape index (κ3) is 2.13. The van der Waals surface area contributed by atoms with Crippen LogP contribution in [0.15, 0.2) is 23.2 Å². The third-order valence-corrected chi connectivity index (χ3v) is 1.60. The van der Waals surface area contributed by atoms with Crippen LogP contribution < -0.4 is 4.74 Å². The summed E-state index contributed by atoms with van der Waals surface area (Å²) in [5.74, 6) is -0.0441. The van der Waals surface area contributed by atoms with Gasteiger partial charge in [0.15, 0.2) is 0 Å². The number of benzene rings is 1. The van der Waals surface area contributed by atoms with Gasteiger partial charge in [0.2, 0.25) is 6.08 Å². The maximum absolute atomic E-state index is 13.1. The Bertz CT molecular complexity index is 345. The number of hydrogen-bond donors (Lipinski definition) is 0. The van der Waals surface area contributed by atoms with Crippen molar-refractivity contribution >= 4 is 6.08 Å². The summed E-state index contributed by atoms with van der Waals surface area (Å²) in [6.07, 6.45) is 1.35. The van der Waals surface area contributed by atoms with Gasteiger partial charge in [-0.25, -0.2) is 14.2 Å². The molecule has 0 aromatic heterocycles. The van der Waals surface area contributed by atoms with Gasteiger partial charge in [0, 0.05) is 0 Å². The average Bonchev–Trinajstić information content (AvgIpc) is 2.15. The summed E-state index contributed by atoms with van der Waals surface area (Å²) in [5.41, 5.74) is 0.272. The van der Waals surface area contributed by atoms with E-state index in [4.69, 9.17) is 4.74 Å². The predicted molar refractivity (Wildman–Crippen MR) is 44.8 cm³/mol. The van der Waals surface area contributed by atoms with Crippen molar-refractivity contribution in [1.29, 1.82) is 0 Å². The van der Waals surface area contributed by atoms with E-state index in [9.17, 15) is 9.18 Å². The predicted octanol–water partition coefficient (Wildman–Crippen LogP) is 1.67. The second-order valence-corrected chi connectivity index (χ2v) is 2.33. The molecule has 0 bridgehead atoms. The van der Waals surface area contributed by atoms with Gasteiger partial charge in [0.05, 0.1) is 19.2 Å². The Labute approximate surface area is 74.9 Å². The molecule has 0 saturated heterocycles. The topological polar surface area (TPSA) is 38.7 Å². The first-order valence-electron chi connectivity index (χ1n) is 3.64. The summed E-state index contributed by atoms with van der Waals surface area (Å²) in [6, 6.07) is 4.43. The highest BCUT2D eigenvalue weighted by molar-refractivity contribution is 5.38. The van der Waals surface area contributed by atoms with Crippen LogP contribution in [0.5, 0.6) is 5.75 Å². The van der Waals surface area contributed by atoms with Crippen LogP contribution in [0.3, 0.4) is 0 Å². The van der Waals surface area contributed by atoms with E-state index in [-0.39, 0.29) is 12.1 Å². The molecule has 1 aromatic rings. The molecule has 0 N–H and O–H groups in total. The Kier molecular flexibility index (Phi) is 3.17. The van der Waals surface area contributed by atoms with E-state index in [1.165, 1.54) is 25.3 Å². The SMILES string of the molecule is COc1cccc(F)c1CN=C=O. The molecule has 0 fully saturated rings. The Morgan fingerprint density at radius 3 is 3.00 bits per heavy atom. The molecular formula is C9H8FNO2. The zero-order chi connectivity index (χ0) is 9.68. The largest absolute Gasteiger partial charge is 0.496 e. The highest BCUT2D eigenvalue weighted by atomic mass is 19.1. The standard InChI is InChI=1S/C9H8FNO2/c1-13-9-4-2-3-8(10)7(9)5-11-6-12/h2-4H,5H2,1H3. The van der Waals surface area contributed by atoms with Crippen molar-refractivity contribution in [3.8, 4) is 5.75 Å². The van der Waals surface area contributed by atoms with Crippen molar-refractivity contribution in [2.24, 2.45) is 4.99 Å². The zero-order valence-electron chi connectivity index (χ0n) is 7.08. The molecule has 1 rings (SSSR count). The maximum Gasteiger partial charge on any atom is 0.235 e. The summed E-state index contributed by atoms with van der Waals surface area (Å²) in [7, 11) is 1.43. The molecule has 0 saturated carbocycles. The molecule has 4 heteroatoms. The molecule has 0 aliphatic heterocycles. The molecule has 0 atom stereocenters. The number of nitrogens with zero attached hydrogens (tertiary/aromatic N) is 1. The molecule has 13 heavy (non-hydrogen) atoms. The van der Waals surface area contributed by atoms with Gasteiger partial charge >= 0.3 is 0 Å². The van der Waals surface area contributed by atoms with E-state index in [0.717, 1.165) is 0 Å². The zero-order valence-corrected chi connectivity index (χ0v) is 7.08. The molecule has 0 radical (unpaired) electrons. The number of methoxy groups -OCH3 is 1. The van der Waals surface area contributed by atoms with E-state index in [2.05, 4.69) is 4.99 Å². The summed E-state index contributed by atoms with van der Waals surface area (Å²) < 4.78 is 18.0. The minimum atomic E-state index is -0.432. The Balaban J connectivity index is 3.06. The van der Waals surface area contributed by atoms with Crippen molar-refractivity contribution in [2.75, 3.05) is 7.11 Å². The number of carbonyl (C=O) groups excluding carboxylic acids is 1. The van der Waals surface area contributed by atoms with Crippen LogP contribution in [0.1, 0.15) is 5.56 Å². The van der Waals surface area contributed by atoms with Crippen molar-refractivity contribution in [3.05, 3.63) is 29.6 Å². The fourth-order valence-corrected chi connectivity index (χ4v) is 0.995. The molecule has 1 aromatic carbocycles. The lowest BCUT2D eigenvalue weighted by Crippen LogP contribution is -1.94. The number of isocyanates is 1. The second kappa shape index (κ2) is 4.38. The van der Waals surface area contributed by atoms with Crippen LogP contribution in [0.2, 0.25) is 0 Å². The van der Waals surface area contributed by atoms with Gasteiger partial charge in [-0.05, 0) is 12.1 Å². The Morgan fingerprint density at radius 2 is 2.38 bits per heavy atom. The fraction of sp³-hybridized carbons (Fsp3) is 0.222. The molecule has 68 valence electrons. The van der Waals surface area contributed by atoms with Crippen LogP contribution in [0, 0.1) is 5.82 Å². The van der Waals surface area contributed by atoms with Gasteiger partial charge in [0.1, 0.15) is 11.6 Å². The van der Waals surface area contributed by atoms with Gasteiger partial charge in [-0.3, -0.25) is 0 Å². The van der Waals surface area contributed by atoms with Gasteiger partial charge < -0.3 is 4.74 Å². The minimum Gasteiger partial charge on any atom is -0.496 e. The summed E-state index contributed by atoms with van der Waals surface area (Å²) >= 11 is 0. The molecule has 3 nitrogen and oxygen atoms in total. The van der Waals surface area contributed by atoms with Crippen molar-refractivity contribution < 1.29 is 13.9 Å². The third-order valence-electron chi connectivity index (χ3n) is 1.60. The van der Waals surface area contributed by atoms with E-state index in [1.807, 2.05) is 0 Å². The molecule has 0 aliphatic rings. The van der Waals surface area contributed by atoms with E-state index in [1.54, 1.807) is 6.07 Å². The first kappa shape index (κ1) is 9.42. The van der Waals surface area contributed by atoms with Crippen LogP contribution in [-0.2, 0) is 11.3 Å². The number of aliphatic imine (C=N–C) groups is 1. The van der Waals surface area contributed by atoms with Crippen LogP contribution in [-0.4, -0.2) is 13.2 Å². The van der Waals surface area contributed by atoms with E-state index < -0.39 is 5.82 Å². The number of ether oxygens (including phenoxy) is 1. The Morgan fingerprint density at radius 1 is 1.62 bits per heavy atom. The smallest absolute Gasteiger partial charge is 0.235 e. The van der Waals surface area contributed by atoms with Gasteiger partial charge in [-0.1, -0.05) is 6.07 Å². The fourth-order valence-electron chi connectivity index (χ4n) is 0.995. The van der Waals surface area contributed by atoms with Crippen molar-refractivity contribution in [3.63, 3.8) is 0 Å². The van der Waals surface area contributed by atoms with Crippen molar-refractivity contribution in [1.82, 2.24) is 0 Å². The molecule has 0 spiro atoms. The molecule has 0 heterocycles. The maximum atomic E-state index is 13.1. The van der Waals surface area contributed by atoms with Crippen LogP contribution >= 0.6 is 0 Å².